The highest BCUT2D eigenvalue weighted by molar-refractivity contribution is 6.05. The molecule has 18 heavy (non-hydrogen) atoms. The van der Waals surface area contributed by atoms with Crippen molar-refractivity contribution in [1.29, 1.82) is 0 Å². The monoisotopic (exact) mass is 252 g/mol. The highest BCUT2D eigenvalue weighted by Gasteiger charge is 2.45. The van der Waals surface area contributed by atoms with E-state index in [0.717, 1.165) is 0 Å². The van der Waals surface area contributed by atoms with Gasteiger partial charge in [0.25, 0.3) is 0 Å². The van der Waals surface area contributed by atoms with Crippen LogP contribution in [0.2, 0.25) is 0 Å². The van der Waals surface area contributed by atoms with Gasteiger partial charge in [-0.05, 0) is 25.8 Å². The molecule has 1 heterocycles. The van der Waals surface area contributed by atoms with Gasteiger partial charge in [0.2, 0.25) is 11.8 Å². The van der Waals surface area contributed by atoms with E-state index in [4.69, 9.17) is 0 Å². The lowest BCUT2D eigenvalue weighted by molar-refractivity contribution is -0.141. The Kier molecular flexibility index (Phi) is 3.76. The number of rotatable bonds is 4. The maximum absolute atomic E-state index is 12.2. The third-order valence-electron chi connectivity index (χ3n) is 4.44. The summed E-state index contributed by atoms with van der Waals surface area (Å²) < 4.78 is 0. The Labute approximate surface area is 109 Å². The number of hydrogen-bond donors (Lipinski definition) is 1. The van der Waals surface area contributed by atoms with Crippen LogP contribution in [0.1, 0.15) is 46.0 Å². The second kappa shape index (κ2) is 5.00. The normalized spacial score (nSPS) is 26.1. The minimum Gasteiger partial charge on any atom is -0.315 e. The molecule has 1 unspecified atom stereocenters. The van der Waals surface area contributed by atoms with Gasteiger partial charge in [-0.3, -0.25) is 14.5 Å². The molecule has 2 fully saturated rings. The number of carbonyl (C=O) groups excluding carboxylic acids is 2. The second-order valence-electron chi connectivity index (χ2n) is 6.31. The van der Waals surface area contributed by atoms with Gasteiger partial charge in [0, 0.05) is 19.0 Å². The molecular formula is C14H24N2O2. The molecule has 4 nitrogen and oxygen atoms in total. The van der Waals surface area contributed by atoms with Crippen LogP contribution in [0.15, 0.2) is 0 Å². The number of likely N-dealkylation sites (tertiary alicyclic amines) is 1. The zero-order valence-corrected chi connectivity index (χ0v) is 11.7. The standard InChI is InChI=1S/C14H24N2O2/c1-14(2)8-12(17)16(13(14)18)9-11(15-3)10-6-4-5-7-10/h10-11,15H,4-9H2,1-3H3. The number of imide groups is 1. The van der Waals surface area contributed by atoms with Crippen molar-refractivity contribution in [2.45, 2.75) is 52.0 Å². The number of carbonyl (C=O) groups is 2. The lowest BCUT2D eigenvalue weighted by Gasteiger charge is -2.27. The topological polar surface area (TPSA) is 49.4 Å². The van der Waals surface area contributed by atoms with Crippen LogP contribution in [0.4, 0.5) is 0 Å². The number of hydrogen-bond acceptors (Lipinski definition) is 3. The van der Waals surface area contributed by atoms with Crippen LogP contribution < -0.4 is 5.32 Å². The summed E-state index contributed by atoms with van der Waals surface area (Å²) in [5.41, 5.74) is -0.509. The predicted octanol–water partition coefficient (Wildman–Crippen LogP) is 1.55. The SMILES string of the molecule is CNC(CN1C(=O)CC(C)(C)C1=O)C1CCCC1. The van der Waals surface area contributed by atoms with Crippen LogP contribution in [-0.4, -0.2) is 36.3 Å². The van der Waals surface area contributed by atoms with E-state index in [1.807, 2.05) is 20.9 Å². The van der Waals surface area contributed by atoms with Gasteiger partial charge in [-0.2, -0.15) is 0 Å². The average Bonchev–Trinajstić information content (AvgIpc) is 2.87. The van der Waals surface area contributed by atoms with Crippen molar-refractivity contribution < 1.29 is 9.59 Å². The second-order valence-corrected chi connectivity index (χ2v) is 6.31. The zero-order valence-electron chi connectivity index (χ0n) is 11.7. The molecule has 1 saturated carbocycles. The van der Waals surface area contributed by atoms with E-state index in [0.29, 0.717) is 18.9 Å². The highest BCUT2D eigenvalue weighted by Crippen LogP contribution is 2.33. The Morgan fingerprint density at radius 1 is 1.33 bits per heavy atom. The molecule has 1 atom stereocenters. The minimum atomic E-state index is -0.509. The molecular weight excluding hydrogens is 228 g/mol. The van der Waals surface area contributed by atoms with E-state index in [1.54, 1.807) is 0 Å². The first kappa shape index (κ1) is 13.5. The summed E-state index contributed by atoms with van der Waals surface area (Å²) in [5, 5.41) is 3.29. The van der Waals surface area contributed by atoms with E-state index >= 15 is 0 Å². The van der Waals surface area contributed by atoms with Crippen LogP contribution in [0.5, 0.6) is 0 Å². The average molecular weight is 252 g/mol. The summed E-state index contributed by atoms with van der Waals surface area (Å²) in [6.07, 6.45) is 5.33. The Bertz CT molecular complexity index is 346. The van der Waals surface area contributed by atoms with E-state index in [1.165, 1.54) is 30.6 Å². The quantitative estimate of drug-likeness (QED) is 0.772. The van der Waals surface area contributed by atoms with Crippen molar-refractivity contribution >= 4 is 11.8 Å². The van der Waals surface area contributed by atoms with Crippen molar-refractivity contribution in [2.24, 2.45) is 11.3 Å². The van der Waals surface area contributed by atoms with Gasteiger partial charge in [0.15, 0.2) is 0 Å². The summed E-state index contributed by atoms with van der Waals surface area (Å²) in [6, 6.07) is 0.259. The molecule has 1 aliphatic carbocycles. The van der Waals surface area contributed by atoms with E-state index in [9.17, 15) is 9.59 Å². The molecule has 0 spiro atoms. The van der Waals surface area contributed by atoms with Crippen LogP contribution >= 0.6 is 0 Å². The molecule has 1 saturated heterocycles. The molecule has 2 aliphatic rings. The molecule has 0 bridgehead atoms. The molecule has 0 aromatic rings. The first-order valence-corrected chi connectivity index (χ1v) is 6.98. The van der Waals surface area contributed by atoms with Gasteiger partial charge in [0.05, 0.1) is 5.41 Å². The summed E-state index contributed by atoms with van der Waals surface area (Å²) >= 11 is 0. The number of nitrogens with zero attached hydrogens (tertiary/aromatic N) is 1. The van der Waals surface area contributed by atoms with Crippen molar-refractivity contribution in [2.75, 3.05) is 13.6 Å². The molecule has 0 aromatic heterocycles. The van der Waals surface area contributed by atoms with Crippen molar-refractivity contribution in [3.05, 3.63) is 0 Å². The molecule has 1 N–H and O–H groups in total. The minimum absolute atomic E-state index is 0.00857. The third-order valence-corrected chi connectivity index (χ3v) is 4.44. The van der Waals surface area contributed by atoms with Gasteiger partial charge in [0.1, 0.15) is 0 Å². The maximum atomic E-state index is 12.2. The molecule has 102 valence electrons. The molecule has 2 amide bonds. The van der Waals surface area contributed by atoms with Gasteiger partial charge < -0.3 is 5.32 Å². The summed E-state index contributed by atoms with van der Waals surface area (Å²) in [6.45, 7) is 4.26. The smallest absolute Gasteiger partial charge is 0.235 e. The first-order valence-electron chi connectivity index (χ1n) is 6.98. The fourth-order valence-corrected chi connectivity index (χ4v) is 3.24. The van der Waals surface area contributed by atoms with Gasteiger partial charge in [-0.15, -0.1) is 0 Å². The maximum Gasteiger partial charge on any atom is 0.235 e. The van der Waals surface area contributed by atoms with E-state index in [2.05, 4.69) is 5.32 Å². The summed E-state index contributed by atoms with van der Waals surface area (Å²) in [7, 11) is 1.93. The molecule has 0 aromatic carbocycles. The predicted molar refractivity (Wildman–Crippen MR) is 69.9 cm³/mol. The van der Waals surface area contributed by atoms with Crippen LogP contribution in [0, 0.1) is 11.3 Å². The van der Waals surface area contributed by atoms with Crippen LogP contribution in [0.3, 0.4) is 0 Å². The Morgan fingerprint density at radius 2 is 1.94 bits per heavy atom. The van der Waals surface area contributed by atoms with Gasteiger partial charge >= 0.3 is 0 Å². The lowest BCUT2D eigenvalue weighted by atomic mass is 9.92. The number of likely N-dealkylation sites (N-methyl/N-ethyl adjacent to an activating group) is 1. The van der Waals surface area contributed by atoms with Crippen molar-refractivity contribution in [1.82, 2.24) is 10.2 Å². The molecule has 2 rings (SSSR count). The largest absolute Gasteiger partial charge is 0.315 e. The van der Waals surface area contributed by atoms with Crippen LogP contribution in [0.25, 0.3) is 0 Å². The van der Waals surface area contributed by atoms with Crippen molar-refractivity contribution in [3.8, 4) is 0 Å². The Hall–Kier alpha value is -0.900. The zero-order chi connectivity index (χ0) is 13.3. The fraction of sp³-hybridized carbons (Fsp3) is 0.857. The van der Waals surface area contributed by atoms with Gasteiger partial charge in [-0.1, -0.05) is 26.7 Å². The number of nitrogens with one attached hydrogen (secondary N) is 1. The number of amides is 2. The summed E-state index contributed by atoms with van der Waals surface area (Å²) in [5.74, 6) is 0.591. The molecule has 4 heteroatoms. The van der Waals surface area contributed by atoms with Crippen molar-refractivity contribution in [3.63, 3.8) is 0 Å². The van der Waals surface area contributed by atoms with Gasteiger partial charge in [-0.25, -0.2) is 0 Å². The van der Waals surface area contributed by atoms with E-state index in [-0.39, 0.29) is 17.9 Å². The van der Waals surface area contributed by atoms with Crippen LogP contribution in [-0.2, 0) is 9.59 Å². The lowest BCUT2D eigenvalue weighted by Crippen LogP contribution is -2.46. The van der Waals surface area contributed by atoms with E-state index < -0.39 is 5.41 Å². The first-order chi connectivity index (χ1) is 8.45. The Balaban J connectivity index is 2.03. The molecule has 1 aliphatic heterocycles. The summed E-state index contributed by atoms with van der Waals surface area (Å²) in [4.78, 5) is 25.6. The fourth-order valence-electron chi connectivity index (χ4n) is 3.24. The third kappa shape index (κ3) is 2.44. The molecule has 0 radical (unpaired) electrons. The Morgan fingerprint density at radius 3 is 2.39 bits per heavy atom. The highest BCUT2D eigenvalue weighted by atomic mass is 16.2.